The second-order valence-electron chi connectivity index (χ2n) is 6.66. The predicted octanol–water partition coefficient (Wildman–Crippen LogP) is 3.85. The summed E-state index contributed by atoms with van der Waals surface area (Å²) in [6.45, 7) is 0.996. The van der Waals surface area contributed by atoms with E-state index in [9.17, 15) is 0 Å². The summed E-state index contributed by atoms with van der Waals surface area (Å²) in [4.78, 5) is 12.7. The lowest BCUT2D eigenvalue weighted by atomic mass is 10.0. The van der Waals surface area contributed by atoms with E-state index in [2.05, 4.69) is 33.5 Å². The van der Waals surface area contributed by atoms with Crippen LogP contribution in [0.15, 0.2) is 48.8 Å². The number of nitrogen functional groups attached to an aromatic ring is 1. The smallest absolute Gasteiger partial charge is 0.156 e. The first-order valence-electron chi connectivity index (χ1n) is 8.88. The predicted molar refractivity (Wildman–Crippen MR) is 108 cm³/mol. The van der Waals surface area contributed by atoms with Gasteiger partial charge in [0.15, 0.2) is 5.65 Å². The third kappa shape index (κ3) is 2.57. The van der Waals surface area contributed by atoms with Crippen molar-refractivity contribution in [2.24, 2.45) is 0 Å². The van der Waals surface area contributed by atoms with Crippen LogP contribution in [0, 0.1) is 0 Å². The largest absolute Gasteiger partial charge is 0.495 e. The molecule has 0 saturated carbocycles. The van der Waals surface area contributed by atoms with E-state index in [1.54, 1.807) is 13.3 Å². The summed E-state index contributed by atoms with van der Waals surface area (Å²) in [6, 6.07) is 12.1. The molecule has 0 atom stereocenters. The van der Waals surface area contributed by atoms with Crippen LogP contribution in [-0.2, 0) is 6.42 Å². The van der Waals surface area contributed by atoms with Crippen LogP contribution in [0.5, 0.6) is 5.75 Å². The number of nitrogens with zero attached hydrogens (tertiary/aromatic N) is 2. The maximum absolute atomic E-state index is 5.93. The zero-order valence-electron chi connectivity index (χ0n) is 14.9. The summed E-state index contributed by atoms with van der Waals surface area (Å²) in [5, 5.41) is 3.40. The van der Waals surface area contributed by atoms with Crippen LogP contribution >= 0.6 is 0 Å². The van der Waals surface area contributed by atoms with Crippen LogP contribution in [0.1, 0.15) is 5.56 Å². The second-order valence-corrected chi connectivity index (χ2v) is 6.66. The molecule has 0 unspecified atom stereocenters. The minimum atomic E-state index is 0.601. The van der Waals surface area contributed by atoms with Gasteiger partial charge in [-0.05, 0) is 41.8 Å². The van der Waals surface area contributed by atoms with Crippen LogP contribution in [0.4, 0.5) is 11.4 Å². The van der Waals surface area contributed by atoms with Crippen LogP contribution in [0.2, 0.25) is 0 Å². The summed E-state index contributed by atoms with van der Waals surface area (Å²) < 4.78 is 5.33. The van der Waals surface area contributed by atoms with E-state index in [1.807, 2.05) is 24.4 Å². The van der Waals surface area contributed by atoms with Crippen molar-refractivity contribution in [3.8, 4) is 28.1 Å². The highest BCUT2D eigenvalue weighted by molar-refractivity contribution is 5.92. The SMILES string of the molecule is COc1cc(-c2cnc3[nH]cc(-c4ccc5c(c4)CCN5)c3n2)ccc1N. The number of benzene rings is 2. The molecule has 0 fully saturated rings. The molecule has 1 aliphatic heterocycles. The lowest BCUT2D eigenvalue weighted by Gasteiger charge is -2.08. The van der Waals surface area contributed by atoms with Crippen LogP contribution < -0.4 is 15.8 Å². The first-order chi connectivity index (χ1) is 13.2. The number of nitrogens with one attached hydrogen (secondary N) is 2. The fourth-order valence-electron chi connectivity index (χ4n) is 3.59. The summed E-state index contributed by atoms with van der Waals surface area (Å²) in [7, 11) is 1.61. The number of hydrogen-bond acceptors (Lipinski definition) is 5. The number of aromatic amines is 1. The van der Waals surface area contributed by atoms with E-state index < -0.39 is 0 Å². The zero-order chi connectivity index (χ0) is 18.4. The molecule has 4 N–H and O–H groups in total. The number of anilines is 2. The summed E-state index contributed by atoms with van der Waals surface area (Å²) in [6.07, 6.45) is 4.79. The monoisotopic (exact) mass is 357 g/mol. The number of hydrogen-bond donors (Lipinski definition) is 3. The Morgan fingerprint density at radius 2 is 2.00 bits per heavy atom. The lowest BCUT2D eigenvalue weighted by molar-refractivity contribution is 0.417. The highest BCUT2D eigenvalue weighted by atomic mass is 16.5. The van der Waals surface area contributed by atoms with Crippen molar-refractivity contribution in [3.05, 3.63) is 54.4 Å². The molecule has 4 aromatic rings. The minimum absolute atomic E-state index is 0.601. The van der Waals surface area contributed by atoms with Gasteiger partial charge in [0.2, 0.25) is 0 Å². The standard InChI is InChI=1S/C21H19N5O/c1-27-19-9-13(2-4-16(19)22)18-11-25-21-20(26-18)15(10-24-21)12-3-5-17-14(8-12)6-7-23-17/h2-5,8-11,23H,6-7,22H2,1H3,(H,24,25). The van der Waals surface area contributed by atoms with Crippen molar-refractivity contribution in [2.75, 3.05) is 24.7 Å². The van der Waals surface area contributed by atoms with E-state index in [1.165, 1.54) is 11.3 Å². The van der Waals surface area contributed by atoms with Crippen LogP contribution in [-0.4, -0.2) is 28.6 Å². The van der Waals surface area contributed by atoms with Gasteiger partial charge in [-0.3, -0.25) is 0 Å². The summed E-state index contributed by atoms with van der Waals surface area (Å²) in [5.74, 6) is 0.634. The molecule has 1 aliphatic rings. The molecule has 3 heterocycles. The van der Waals surface area contributed by atoms with Crippen molar-refractivity contribution >= 4 is 22.5 Å². The average Bonchev–Trinajstić information content (AvgIpc) is 3.34. The Kier molecular flexibility index (Phi) is 3.50. The normalized spacial score (nSPS) is 12.8. The molecule has 0 saturated heterocycles. The maximum Gasteiger partial charge on any atom is 0.156 e. The van der Waals surface area contributed by atoms with E-state index in [0.717, 1.165) is 46.5 Å². The van der Waals surface area contributed by atoms with Crippen molar-refractivity contribution in [1.29, 1.82) is 0 Å². The molecule has 6 heteroatoms. The third-order valence-electron chi connectivity index (χ3n) is 5.04. The molecule has 0 bridgehead atoms. The van der Waals surface area contributed by atoms with Gasteiger partial charge in [0.1, 0.15) is 11.3 Å². The molecule has 0 aliphatic carbocycles. The van der Waals surface area contributed by atoms with Crippen molar-refractivity contribution in [3.63, 3.8) is 0 Å². The molecular formula is C21H19N5O. The number of H-pyrrole nitrogens is 1. The van der Waals surface area contributed by atoms with Crippen molar-refractivity contribution < 1.29 is 4.74 Å². The number of ether oxygens (including phenoxy) is 1. The Bertz CT molecular complexity index is 1160. The number of fused-ring (bicyclic) bond motifs is 2. The Morgan fingerprint density at radius 3 is 2.89 bits per heavy atom. The number of aromatic nitrogens is 3. The highest BCUT2D eigenvalue weighted by Crippen LogP contribution is 2.33. The molecule has 2 aromatic carbocycles. The Morgan fingerprint density at radius 1 is 1.11 bits per heavy atom. The number of nitrogens with two attached hydrogens (primary N) is 1. The van der Waals surface area contributed by atoms with Gasteiger partial charge in [0, 0.05) is 29.6 Å². The van der Waals surface area contributed by atoms with E-state index in [4.69, 9.17) is 15.5 Å². The Balaban J connectivity index is 1.63. The molecule has 6 nitrogen and oxygen atoms in total. The van der Waals surface area contributed by atoms with Crippen LogP contribution in [0.3, 0.4) is 0 Å². The van der Waals surface area contributed by atoms with E-state index >= 15 is 0 Å². The van der Waals surface area contributed by atoms with Gasteiger partial charge in [0.05, 0.1) is 24.7 Å². The molecule has 134 valence electrons. The molecule has 27 heavy (non-hydrogen) atoms. The van der Waals surface area contributed by atoms with Crippen molar-refractivity contribution in [2.45, 2.75) is 6.42 Å². The topological polar surface area (TPSA) is 88.8 Å². The number of methoxy groups -OCH3 is 1. The summed E-state index contributed by atoms with van der Waals surface area (Å²) in [5.41, 5.74) is 14.6. The molecule has 0 amide bonds. The first-order valence-corrected chi connectivity index (χ1v) is 8.88. The van der Waals surface area contributed by atoms with Gasteiger partial charge in [-0.2, -0.15) is 0 Å². The third-order valence-corrected chi connectivity index (χ3v) is 5.04. The molecule has 2 aromatic heterocycles. The molecule has 0 spiro atoms. The van der Waals surface area contributed by atoms with Gasteiger partial charge in [-0.1, -0.05) is 12.1 Å². The van der Waals surface area contributed by atoms with Gasteiger partial charge in [-0.15, -0.1) is 0 Å². The quantitative estimate of drug-likeness (QED) is 0.485. The van der Waals surface area contributed by atoms with Gasteiger partial charge < -0.3 is 20.8 Å². The maximum atomic E-state index is 5.93. The Hall–Kier alpha value is -3.54. The van der Waals surface area contributed by atoms with E-state index in [-0.39, 0.29) is 0 Å². The summed E-state index contributed by atoms with van der Waals surface area (Å²) >= 11 is 0. The van der Waals surface area contributed by atoms with Gasteiger partial charge in [-0.25, -0.2) is 9.97 Å². The minimum Gasteiger partial charge on any atom is -0.495 e. The Labute approximate surface area is 156 Å². The number of rotatable bonds is 3. The fraction of sp³-hybridized carbons (Fsp3) is 0.143. The highest BCUT2D eigenvalue weighted by Gasteiger charge is 2.15. The average molecular weight is 357 g/mol. The fourth-order valence-corrected chi connectivity index (χ4v) is 3.59. The molecular weight excluding hydrogens is 338 g/mol. The van der Waals surface area contributed by atoms with Gasteiger partial charge >= 0.3 is 0 Å². The zero-order valence-corrected chi connectivity index (χ0v) is 14.9. The van der Waals surface area contributed by atoms with Crippen molar-refractivity contribution in [1.82, 2.24) is 15.0 Å². The second kappa shape index (κ2) is 6.02. The van der Waals surface area contributed by atoms with Gasteiger partial charge in [0.25, 0.3) is 0 Å². The van der Waals surface area contributed by atoms with Crippen LogP contribution in [0.25, 0.3) is 33.5 Å². The lowest BCUT2D eigenvalue weighted by Crippen LogP contribution is -1.94. The molecule has 5 rings (SSSR count). The molecule has 0 radical (unpaired) electrons. The van der Waals surface area contributed by atoms with E-state index in [0.29, 0.717) is 11.4 Å². The first kappa shape index (κ1) is 15.7.